The average Bonchev–Trinajstić information content (AvgIpc) is 2.54. The number of rotatable bonds is 7. The van der Waals surface area contributed by atoms with Gasteiger partial charge in [0.2, 0.25) is 17.7 Å². The molecule has 9 heteroatoms. The van der Waals surface area contributed by atoms with Gasteiger partial charge < -0.3 is 19.5 Å². The molecule has 0 bridgehead atoms. The molecule has 0 saturated heterocycles. The minimum atomic E-state index is -0.711. The van der Waals surface area contributed by atoms with Crippen molar-refractivity contribution >= 4 is 23.7 Å². The molecule has 0 fully saturated rings. The van der Waals surface area contributed by atoms with Crippen LogP contribution in [0.3, 0.4) is 0 Å². The molecule has 0 spiro atoms. The third-order valence-corrected chi connectivity index (χ3v) is 3.06. The normalized spacial score (nSPS) is 11.0. The SMILES string of the molecule is CCOC(=O)/C(C#N)=C(\Nc1nc(OC)cc(OC)n1)SC. The number of anilines is 1. The van der Waals surface area contributed by atoms with E-state index >= 15 is 0 Å². The first-order valence-electron chi connectivity index (χ1n) is 6.19. The van der Waals surface area contributed by atoms with E-state index in [-0.39, 0.29) is 34.9 Å². The highest BCUT2D eigenvalue weighted by Crippen LogP contribution is 2.23. The van der Waals surface area contributed by atoms with E-state index in [2.05, 4.69) is 15.3 Å². The Hall–Kier alpha value is -2.47. The summed E-state index contributed by atoms with van der Waals surface area (Å²) in [6.45, 7) is 1.84. The summed E-state index contributed by atoms with van der Waals surface area (Å²) in [7, 11) is 2.91. The summed E-state index contributed by atoms with van der Waals surface area (Å²) in [4.78, 5) is 19.9. The second kappa shape index (κ2) is 8.74. The van der Waals surface area contributed by atoms with Crippen molar-refractivity contribution in [1.29, 1.82) is 5.26 Å². The molecule has 0 unspecified atom stereocenters. The molecule has 1 rings (SSSR count). The van der Waals surface area contributed by atoms with Crippen LogP contribution in [0.15, 0.2) is 16.7 Å². The van der Waals surface area contributed by atoms with Gasteiger partial charge in [0.05, 0.1) is 26.9 Å². The number of methoxy groups -OCH3 is 2. The first-order chi connectivity index (χ1) is 10.6. The number of nitrogens with one attached hydrogen (secondary N) is 1. The molecule has 1 aromatic heterocycles. The fourth-order valence-corrected chi connectivity index (χ4v) is 1.90. The Morgan fingerprint density at radius 3 is 2.36 bits per heavy atom. The van der Waals surface area contributed by atoms with Crippen LogP contribution < -0.4 is 14.8 Å². The Morgan fingerprint density at radius 2 is 1.95 bits per heavy atom. The lowest BCUT2D eigenvalue weighted by Crippen LogP contribution is -2.13. The molecule has 0 amide bonds. The average molecular weight is 324 g/mol. The van der Waals surface area contributed by atoms with Gasteiger partial charge in [-0.15, -0.1) is 11.8 Å². The molecule has 1 aromatic rings. The molecule has 8 nitrogen and oxygen atoms in total. The molecule has 1 heterocycles. The van der Waals surface area contributed by atoms with Gasteiger partial charge in [-0.05, 0) is 13.2 Å². The Morgan fingerprint density at radius 1 is 1.36 bits per heavy atom. The topological polar surface area (TPSA) is 106 Å². The highest BCUT2D eigenvalue weighted by molar-refractivity contribution is 8.02. The Bertz CT molecular complexity index is 590. The van der Waals surface area contributed by atoms with Crippen LogP contribution in [-0.4, -0.2) is 43.0 Å². The van der Waals surface area contributed by atoms with Crippen molar-refractivity contribution in [3.63, 3.8) is 0 Å². The maximum absolute atomic E-state index is 11.8. The quantitative estimate of drug-likeness (QED) is 0.454. The van der Waals surface area contributed by atoms with Crippen LogP contribution in [-0.2, 0) is 9.53 Å². The maximum Gasteiger partial charge on any atom is 0.351 e. The van der Waals surface area contributed by atoms with Gasteiger partial charge >= 0.3 is 5.97 Å². The van der Waals surface area contributed by atoms with Gasteiger partial charge in [0, 0.05) is 0 Å². The summed E-state index contributed by atoms with van der Waals surface area (Å²) in [5.74, 6) is -0.0109. The number of carbonyl (C=O) groups is 1. The summed E-state index contributed by atoms with van der Waals surface area (Å²) in [5.41, 5.74) is -0.153. The number of aromatic nitrogens is 2. The molecule has 0 aliphatic rings. The predicted octanol–water partition coefficient (Wildman–Crippen LogP) is 1.57. The summed E-state index contributed by atoms with van der Waals surface area (Å²) in [5, 5.41) is 12.2. The smallest absolute Gasteiger partial charge is 0.351 e. The van der Waals surface area contributed by atoms with Crippen molar-refractivity contribution in [1.82, 2.24) is 9.97 Å². The van der Waals surface area contributed by atoms with Crippen LogP contribution in [0.25, 0.3) is 0 Å². The van der Waals surface area contributed by atoms with Crippen molar-refractivity contribution < 1.29 is 19.0 Å². The monoisotopic (exact) mass is 324 g/mol. The van der Waals surface area contributed by atoms with Crippen molar-refractivity contribution in [3.8, 4) is 17.8 Å². The minimum absolute atomic E-state index is 0.137. The van der Waals surface area contributed by atoms with E-state index in [0.29, 0.717) is 0 Å². The molecule has 0 saturated carbocycles. The first-order valence-corrected chi connectivity index (χ1v) is 7.41. The van der Waals surface area contributed by atoms with Crippen LogP contribution in [0.2, 0.25) is 0 Å². The molecule has 22 heavy (non-hydrogen) atoms. The Kier molecular flexibility index (Phi) is 6.98. The van der Waals surface area contributed by atoms with E-state index in [4.69, 9.17) is 19.5 Å². The molecule has 0 aliphatic heterocycles. The van der Waals surface area contributed by atoms with Gasteiger partial charge in [-0.25, -0.2) is 4.79 Å². The van der Waals surface area contributed by atoms with Gasteiger partial charge in [0.1, 0.15) is 11.1 Å². The maximum atomic E-state index is 11.8. The van der Waals surface area contributed by atoms with Crippen LogP contribution in [0.1, 0.15) is 6.92 Å². The van der Waals surface area contributed by atoms with Crippen LogP contribution >= 0.6 is 11.8 Å². The number of thioether (sulfide) groups is 1. The summed E-state index contributed by atoms with van der Waals surface area (Å²) >= 11 is 1.16. The number of ether oxygens (including phenoxy) is 3. The molecule has 0 aromatic carbocycles. The zero-order chi connectivity index (χ0) is 16.5. The molecule has 1 N–H and O–H groups in total. The standard InChI is InChI=1S/C13H16N4O4S/c1-5-21-12(18)8(7-14)11(22-4)17-13-15-9(19-2)6-10(16-13)20-3/h6H,5H2,1-4H3,(H,15,16,17)/b11-8+. The fourth-order valence-electron chi connectivity index (χ4n) is 1.38. The second-order valence-electron chi connectivity index (χ2n) is 3.64. The van der Waals surface area contributed by atoms with Gasteiger partial charge in [-0.3, -0.25) is 0 Å². The van der Waals surface area contributed by atoms with Gasteiger partial charge in [0.15, 0.2) is 5.57 Å². The van der Waals surface area contributed by atoms with Gasteiger partial charge in [-0.1, -0.05) is 0 Å². The molecular weight excluding hydrogens is 308 g/mol. The number of carbonyl (C=O) groups excluding carboxylic acids is 1. The fraction of sp³-hybridized carbons (Fsp3) is 0.385. The lowest BCUT2D eigenvalue weighted by molar-refractivity contribution is -0.138. The Balaban J connectivity index is 3.17. The summed E-state index contributed by atoms with van der Waals surface area (Å²) in [6.07, 6.45) is 1.70. The second-order valence-corrected chi connectivity index (χ2v) is 4.46. The van der Waals surface area contributed by atoms with Crippen molar-refractivity contribution in [3.05, 3.63) is 16.7 Å². The van der Waals surface area contributed by atoms with Gasteiger partial charge in [0.25, 0.3) is 0 Å². The predicted molar refractivity (Wildman–Crippen MR) is 81.5 cm³/mol. The van der Waals surface area contributed by atoms with E-state index < -0.39 is 5.97 Å². The van der Waals surface area contributed by atoms with Crippen molar-refractivity contribution in [2.75, 3.05) is 32.4 Å². The van der Waals surface area contributed by atoms with E-state index in [9.17, 15) is 4.79 Å². The molecular formula is C13H16N4O4S. The number of nitriles is 1. The number of hydrogen-bond acceptors (Lipinski definition) is 9. The lowest BCUT2D eigenvalue weighted by Gasteiger charge is -2.11. The largest absolute Gasteiger partial charge is 0.481 e. The summed E-state index contributed by atoms with van der Waals surface area (Å²) < 4.78 is 14.9. The third kappa shape index (κ3) is 4.53. The van der Waals surface area contributed by atoms with Gasteiger partial charge in [-0.2, -0.15) is 15.2 Å². The molecule has 0 atom stereocenters. The van der Waals surface area contributed by atoms with Crippen molar-refractivity contribution in [2.24, 2.45) is 0 Å². The zero-order valence-corrected chi connectivity index (χ0v) is 13.5. The van der Waals surface area contributed by atoms with Crippen molar-refractivity contribution in [2.45, 2.75) is 6.92 Å². The van der Waals surface area contributed by atoms with E-state index in [1.807, 2.05) is 6.07 Å². The highest BCUT2D eigenvalue weighted by Gasteiger charge is 2.18. The van der Waals surface area contributed by atoms with Crippen LogP contribution in [0.4, 0.5) is 5.95 Å². The van der Waals surface area contributed by atoms with E-state index in [1.165, 1.54) is 20.3 Å². The highest BCUT2D eigenvalue weighted by atomic mass is 32.2. The third-order valence-electron chi connectivity index (χ3n) is 2.35. The van der Waals surface area contributed by atoms with Crippen LogP contribution in [0.5, 0.6) is 11.8 Å². The molecule has 0 aliphatic carbocycles. The number of nitrogens with zero attached hydrogens (tertiary/aromatic N) is 3. The number of hydrogen-bond donors (Lipinski definition) is 1. The summed E-state index contributed by atoms with van der Waals surface area (Å²) in [6, 6.07) is 3.32. The minimum Gasteiger partial charge on any atom is -0.481 e. The Labute approximate surface area is 132 Å². The van der Waals surface area contributed by atoms with E-state index in [0.717, 1.165) is 11.8 Å². The molecule has 0 radical (unpaired) electrons. The molecule has 118 valence electrons. The first kappa shape index (κ1) is 17.6. The zero-order valence-electron chi connectivity index (χ0n) is 12.7. The van der Waals surface area contributed by atoms with E-state index in [1.54, 1.807) is 13.2 Å². The number of esters is 1. The lowest BCUT2D eigenvalue weighted by atomic mass is 10.3. The van der Waals surface area contributed by atoms with Crippen LogP contribution in [0, 0.1) is 11.3 Å².